The van der Waals surface area contributed by atoms with Crippen LogP contribution in [0.25, 0.3) is 0 Å². The van der Waals surface area contributed by atoms with Crippen LogP contribution < -0.4 is 0 Å². The number of hydrogen-bond acceptors (Lipinski definition) is 7. The lowest BCUT2D eigenvalue weighted by molar-refractivity contribution is -0.870. The highest BCUT2D eigenvalue weighted by Gasteiger charge is 2.25. The molecule has 0 spiro atoms. The Hall–Kier alpha value is -4.05. The molecular weight excluding hydrogens is 971 g/mol. The summed E-state index contributed by atoms with van der Waals surface area (Å²) < 4.78 is 22.9. The van der Waals surface area contributed by atoms with E-state index in [2.05, 4.69) is 123 Å². The number of hydrogen-bond donors (Lipinski definition) is 1. The Morgan fingerprint density at radius 1 is 0.397 bits per heavy atom. The number of aliphatic carboxylic acids is 1. The van der Waals surface area contributed by atoms with Gasteiger partial charge in [-0.2, -0.15) is 0 Å². The molecule has 0 radical (unpaired) electrons. The summed E-state index contributed by atoms with van der Waals surface area (Å²) in [5, 5.41) is 9.69. The van der Waals surface area contributed by atoms with E-state index in [9.17, 15) is 19.5 Å². The highest BCUT2D eigenvalue weighted by atomic mass is 16.7. The number of likely N-dealkylation sites (N-methyl/N-ethyl adjacent to an activating group) is 1. The third-order valence-electron chi connectivity index (χ3n) is 13.3. The Morgan fingerprint density at radius 2 is 0.731 bits per heavy atom. The second-order valence-corrected chi connectivity index (χ2v) is 22.0. The minimum atomic E-state index is -1.51. The molecule has 0 aliphatic carbocycles. The number of rotatable bonds is 57. The first-order valence-electron chi connectivity index (χ1n) is 31.6. The summed E-state index contributed by atoms with van der Waals surface area (Å²) in [6.45, 7) is 4.76. The SMILES string of the molecule is CC/C=C\C/C=C\C/C=C\C/C=C\C/C=C\C/C=C\C/C=C\C/C=C\C/C=C\CCCCCCCCCCCCCCCC(=O)OC(COC(=O)CCCCCCCCCCCCCC)COC(OCC[N+](C)(C)C)C(=O)O. The summed E-state index contributed by atoms with van der Waals surface area (Å²) in [5.74, 6) is -2.01. The average Bonchev–Trinajstić information content (AvgIpc) is 3.41. The number of allylic oxidation sites excluding steroid dienone is 18. The first-order chi connectivity index (χ1) is 38.1. The van der Waals surface area contributed by atoms with Crippen molar-refractivity contribution >= 4 is 17.9 Å². The molecule has 0 fully saturated rings. The van der Waals surface area contributed by atoms with Crippen LogP contribution in [0.4, 0.5) is 0 Å². The molecule has 0 aliphatic heterocycles. The van der Waals surface area contributed by atoms with Crippen LogP contribution in [0.2, 0.25) is 0 Å². The largest absolute Gasteiger partial charge is 0.477 e. The van der Waals surface area contributed by atoms with Crippen LogP contribution in [0.3, 0.4) is 0 Å². The molecule has 446 valence electrons. The molecule has 0 rings (SSSR count). The Morgan fingerprint density at radius 3 is 1.09 bits per heavy atom. The van der Waals surface area contributed by atoms with Gasteiger partial charge in [-0.15, -0.1) is 0 Å². The van der Waals surface area contributed by atoms with Crippen LogP contribution in [0.1, 0.15) is 251 Å². The maximum atomic E-state index is 12.9. The fraction of sp³-hybridized carbons (Fsp3) is 0.696. The normalized spacial score (nSPS) is 13.5. The second kappa shape index (κ2) is 59.1. The van der Waals surface area contributed by atoms with Crippen LogP contribution in [0.5, 0.6) is 0 Å². The maximum absolute atomic E-state index is 12.9. The number of esters is 2. The van der Waals surface area contributed by atoms with Gasteiger partial charge in [0.15, 0.2) is 6.10 Å². The van der Waals surface area contributed by atoms with Gasteiger partial charge in [0.2, 0.25) is 0 Å². The van der Waals surface area contributed by atoms with E-state index < -0.39 is 24.3 Å². The van der Waals surface area contributed by atoms with E-state index in [1.54, 1.807) is 0 Å². The summed E-state index contributed by atoms with van der Waals surface area (Å²) >= 11 is 0. The number of carbonyl (C=O) groups is 3. The van der Waals surface area contributed by atoms with Crippen molar-refractivity contribution in [2.24, 2.45) is 0 Å². The van der Waals surface area contributed by atoms with Gasteiger partial charge in [0.1, 0.15) is 13.2 Å². The predicted octanol–water partition coefficient (Wildman–Crippen LogP) is 19.1. The highest BCUT2D eigenvalue weighted by Crippen LogP contribution is 2.16. The molecule has 0 aromatic carbocycles. The van der Waals surface area contributed by atoms with Crippen molar-refractivity contribution in [3.63, 3.8) is 0 Å². The van der Waals surface area contributed by atoms with Crippen molar-refractivity contribution < 1.29 is 42.9 Å². The van der Waals surface area contributed by atoms with Crippen LogP contribution in [0, 0.1) is 0 Å². The van der Waals surface area contributed by atoms with Gasteiger partial charge in [-0.25, -0.2) is 4.79 Å². The van der Waals surface area contributed by atoms with Gasteiger partial charge < -0.3 is 28.5 Å². The van der Waals surface area contributed by atoms with Gasteiger partial charge in [-0.1, -0.05) is 264 Å². The van der Waals surface area contributed by atoms with Crippen molar-refractivity contribution in [1.82, 2.24) is 0 Å². The molecule has 2 atom stereocenters. The van der Waals surface area contributed by atoms with Crippen LogP contribution >= 0.6 is 0 Å². The second-order valence-electron chi connectivity index (χ2n) is 22.0. The lowest BCUT2D eigenvalue weighted by Crippen LogP contribution is -2.40. The fourth-order valence-electron chi connectivity index (χ4n) is 8.48. The van der Waals surface area contributed by atoms with Crippen molar-refractivity contribution in [2.75, 3.05) is 47.5 Å². The topological polar surface area (TPSA) is 108 Å². The lowest BCUT2D eigenvalue weighted by atomic mass is 10.0. The molecule has 78 heavy (non-hydrogen) atoms. The molecule has 0 amide bonds. The molecule has 9 heteroatoms. The Bertz CT molecular complexity index is 1640. The molecule has 0 bridgehead atoms. The number of carboxylic acid groups (broad SMARTS) is 1. The standard InChI is InChI=1S/C69H117NO8/c1-6-8-10-12-14-16-18-20-21-22-23-24-25-26-27-28-29-30-31-32-33-34-35-36-37-38-39-40-41-42-43-44-45-46-47-48-50-52-54-56-58-60-67(72)78-65(64-77-69(68(73)74)75-62-61-70(3,4)5)63-76-66(71)59-57-55-53-51-49-19-17-15-13-11-9-7-2/h8,10,14,16,20-21,23-24,26-27,29-30,32-33,35-36,38-39,65,69H,6-7,9,11-13,15,17-19,22,25,28,31,34,37,40-64H2,1-5H3/p+1/b10-8-,16-14-,21-20-,24-23-,27-26-,30-29-,33-32-,36-35-,39-38-. The van der Waals surface area contributed by atoms with E-state index in [1.165, 1.54) is 122 Å². The van der Waals surface area contributed by atoms with E-state index in [0.29, 0.717) is 17.4 Å². The van der Waals surface area contributed by atoms with E-state index >= 15 is 0 Å². The Labute approximate surface area is 479 Å². The van der Waals surface area contributed by atoms with Crippen molar-refractivity contribution in [3.05, 3.63) is 109 Å². The quantitative estimate of drug-likeness (QED) is 0.0211. The van der Waals surface area contributed by atoms with Gasteiger partial charge in [0.25, 0.3) is 6.29 Å². The first kappa shape index (κ1) is 74.0. The van der Waals surface area contributed by atoms with E-state index in [1.807, 2.05) is 21.1 Å². The monoisotopic (exact) mass is 1090 g/mol. The van der Waals surface area contributed by atoms with Crippen molar-refractivity contribution in [2.45, 2.75) is 264 Å². The smallest absolute Gasteiger partial charge is 0.361 e. The number of carboxylic acids is 1. The summed E-state index contributed by atoms with van der Waals surface area (Å²) in [7, 11) is 5.96. The van der Waals surface area contributed by atoms with Crippen LogP contribution in [-0.4, -0.2) is 87.4 Å². The molecular formula is C69H118NO8+. The zero-order valence-corrected chi connectivity index (χ0v) is 50.8. The third kappa shape index (κ3) is 59.6. The van der Waals surface area contributed by atoms with Crippen LogP contribution in [-0.2, 0) is 33.3 Å². The molecule has 0 aromatic heterocycles. The Balaban J connectivity index is 4.05. The van der Waals surface area contributed by atoms with Gasteiger partial charge >= 0.3 is 17.9 Å². The minimum Gasteiger partial charge on any atom is -0.477 e. The molecule has 1 N–H and O–H groups in total. The number of ether oxygens (including phenoxy) is 4. The minimum absolute atomic E-state index is 0.183. The van der Waals surface area contributed by atoms with E-state index in [4.69, 9.17) is 18.9 Å². The van der Waals surface area contributed by atoms with Crippen molar-refractivity contribution in [3.8, 4) is 0 Å². The zero-order valence-electron chi connectivity index (χ0n) is 50.8. The summed E-state index contributed by atoms with van der Waals surface area (Å²) in [4.78, 5) is 37.4. The maximum Gasteiger partial charge on any atom is 0.361 e. The fourth-order valence-corrected chi connectivity index (χ4v) is 8.48. The number of quaternary nitrogens is 1. The number of nitrogens with zero attached hydrogens (tertiary/aromatic N) is 1. The zero-order chi connectivity index (χ0) is 56.9. The number of unbranched alkanes of at least 4 members (excludes halogenated alkanes) is 24. The van der Waals surface area contributed by atoms with Gasteiger partial charge in [0.05, 0.1) is 34.4 Å². The highest BCUT2D eigenvalue weighted by molar-refractivity contribution is 5.71. The average molecular weight is 1090 g/mol. The molecule has 0 saturated carbocycles. The molecule has 0 aromatic rings. The molecule has 9 nitrogen and oxygen atoms in total. The third-order valence-corrected chi connectivity index (χ3v) is 13.3. The van der Waals surface area contributed by atoms with Crippen molar-refractivity contribution in [1.29, 1.82) is 0 Å². The number of carbonyl (C=O) groups excluding carboxylic acids is 2. The summed E-state index contributed by atoms with van der Waals surface area (Å²) in [5.41, 5.74) is 0. The van der Waals surface area contributed by atoms with E-state index in [0.717, 1.165) is 103 Å². The molecule has 0 heterocycles. The summed E-state index contributed by atoms with van der Waals surface area (Å²) in [6.07, 6.45) is 79.0. The molecule has 0 saturated heterocycles. The summed E-state index contributed by atoms with van der Waals surface area (Å²) in [6, 6.07) is 0. The van der Waals surface area contributed by atoms with Gasteiger partial charge in [-0.3, -0.25) is 9.59 Å². The van der Waals surface area contributed by atoms with E-state index in [-0.39, 0.29) is 32.2 Å². The van der Waals surface area contributed by atoms with Gasteiger partial charge in [-0.05, 0) is 83.5 Å². The molecule has 2 unspecified atom stereocenters. The lowest BCUT2D eigenvalue weighted by Gasteiger charge is -2.25. The Kier molecular flexibility index (Phi) is 56.0. The first-order valence-corrected chi connectivity index (χ1v) is 31.6. The predicted molar refractivity (Wildman–Crippen MR) is 332 cm³/mol. The molecule has 0 aliphatic rings. The van der Waals surface area contributed by atoms with Crippen LogP contribution in [0.15, 0.2) is 109 Å². The van der Waals surface area contributed by atoms with Gasteiger partial charge in [0, 0.05) is 12.8 Å².